The maximum Gasteiger partial charge on any atom is 0.320 e. The summed E-state index contributed by atoms with van der Waals surface area (Å²) in [5, 5.41) is 9.32. The van der Waals surface area contributed by atoms with Crippen LogP contribution < -0.4 is 5.73 Å². The molecule has 1 unspecified atom stereocenters. The zero-order chi connectivity index (χ0) is 16.2. The molecule has 1 heterocycles. The Morgan fingerprint density at radius 1 is 1.38 bits per heavy atom. The third-order valence-corrected chi connectivity index (χ3v) is 4.26. The molecule has 0 aromatic heterocycles. The molecule has 3 amide bonds. The lowest BCUT2D eigenvalue weighted by Crippen LogP contribution is -2.52. The zero-order valence-electron chi connectivity index (χ0n) is 13.0. The van der Waals surface area contributed by atoms with E-state index in [-0.39, 0.29) is 18.5 Å². The van der Waals surface area contributed by atoms with Crippen molar-refractivity contribution in [2.75, 3.05) is 26.2 Å². The number of aliphatic carboxylic acids is 1. The second-order valence-corrected chi connectivity index (χ2v) is 6.08. The quantitative estimate of drug-likeness (QED) is 0.781. The molecular formula is C14H25N3O4. The highest BCUT2D eigenvalue weighted by Crippen LogP contribution is 2.34. The molecule has 7 nitrogen and oxygen atoms in total. The number of amides is 3. The number of carboxylic acids is 1. The molecule has 0 spiro atoms. The molecule has 1 aliphatic heterocycles. The molecule has 0 aliphatic carbocycles. The van der Waals surface area contributed by atoms with Crippen molar-refractivity contribution < 1.29 is 19.5 Å². The highest BCUT2D eigenvalue weighted by atomic mass is 16.4. The second-order valence-electron chi connectivity index (χ2n) is 6.08. The fraction of sp³-hybridized carbons (Fsp3) is 0.786. The summed E-state index contributed by atoms with van der Waals surface area (Å²) in [7, 11) is 0. The number of nitrogens with two attached hydrogens (primary N) is 1. The number of hydrogen-bond donors (Lipinski definition) is 2. The number of likely N-dealkylation sites (tertiary alicyclic amines) is 1. The van der Waals surface area contributed by atoms with Gasteiger partial charge in [-0.05, 0) is 39.5 Å². The Balaban J connectivity index is 2.77. The van der Waals surface area contributed by atoms with Crippen molar-refractivity contribution in [3.05, 3.63) is 0 Å². The Labute approximate surface area is 125 Å². The monoisotopic (exact) mass is 299 g/mol. The van der Waals surface area contributed by atoms with E-state index in [1.807, 2.05) is 0 Å². The average molecular weight is 299 g/mol. The molecule has 1 aliphatic rings. The first-order valence-corrected chi connectivity index (χ1v) is 7.25. The Kier molecular flexibility index (Phi) is 5.57. The molecule has 1 rings (SSSR count). The SMILES string of the molecule is CCN(CC(N)=O)C(=O)N1CCCC(C(C)(C)C(=O)O)C1. The number of primary amides is 1. The summed E-state index contributed by atoms with van der Waals surface area (Å²) in [5.74, 6) is -1.50. The molecule has 3 N–H and O–H groups in total. The largest absolute Gasteiger partial charge is 0.481 e. The first kappa shape index (κ1) is 17.3. The van der Waals surface area contributed by atoms with Crippen molar-refractivity contribution in [2.45, 2.75) is 33.6 Å². The number of likely N-dealkylation sites (N-methyl/N-ethyl adjacent to an activating group) is 1. The lowest BCUT2D eigenvalue weighted by atomic mass is 9.74. The van der Waals surface area contributed by atoms with Crippen LogP contribution >= 0.6 is 0 Å². The van der Waals surface area contributed by atoms with E-state index in [1.54, 1.807) is 25.7 Å². The summed E-state index contributed by atoms with van der Waals surface area (Å²) in [5.41, 5.74) is 4.27. The minimum absolute atomic E-state index is 0.0972. The van der Waals surface area contributed by atoms with Gasteiger partial charge in [-0.15, -0.1) is 0 Å². The molecule has 0 aromatic carbocycles. The number of carbonyl (C=O) groups is 3. The third kappa shape index (κ3) is 4.09. The van der Waals surface area contributed by atoms with Crippen molar-refractivity contribution in [2.24, 2.45) is 17.1 Å². The van der Waals surface area contributed by atoms with Gasteiger partial charge in [0.2, 0.25) is 5.91 Å². The zero-order valence-corrected chi connectivity index (χ0v) is 13.0. The predicted octanol–water partition coefficient (Wildman–Crippen LogP) is 0.736. The van der Waals surface area contributed by atoms with Gasteiger partial charge in [0.1, 0.15) is 6.54 Å². The van der Waals surface area contributed by atoms with Gasteiger partial charge in [-0.2, -0.15) is 0 Å². The number of carbonyl (C=O) groups excluding carboxylic acids is 2. The van der Waals surface area contributed by atoms with E-state index in [0.29, 0.717) is 19.6 Å². The molecule has 1 saturated heterocycles. The minimum Gasteiger partial charge on any atom is -0.481 e. The van der Waals surface area contributed by atoms with Gasteiger partial charge in [0, 0.05) is 19.6 Å². The molecule has 0 saturated carbocycles. The van der Waals surface area contributed by atoms with E-state index in [2.05, 4.69) is 0 Å². The van der Waals surface area contributed by atoms with Crippen LogP contribution in [0.3, 0.4) is 0 Å². The van der Waals surface area contributed by atoms with Gasteiger partial charge in [-0.3, -0.25) is 9.59 Å². The number of carboxylic acid groups (broad SMARTS) is 1. The van der Waals surface area contributed by atoms with Crippen LogP contribution in [0.2, 0.25) is 0 Å². The maximum absolute atomic E-state index is 12.4. The fourth-order valence-electron chi connectivity index (χ4n) is 2.62. The van der Waals surface area contributed by atoms with E-state index < -0.39 is 17.3 Å². The molecule has 1 atom stereocenters. The normalized spacial score (nSPS) is 19.2. The summed E-state index contributed by atoms with van der Waals surface area (Å²) in [4.78, 5) is 37.8. The Bertz CT molecular complexity index is 422. The summed E-state index contributed by atoms with van der Waals surface area (Å²) in [6.07, 6.45) is 1.55. The molecule has 0 bridgehead atoms. The summed E-state index contributed by atoms with van der Waals surface area (Å²) in [6, 6.07) is -0.248. The van der Waals surface area contributed by atoms with Crippen molar-refractivity contribution >= 4 is 17.9 Å². The molecule has 7 heteroatoms. The molecule has 120 valence electrons. The molecular weight excluding hydrogens is 274 g/mol. The van der Waals surface area contributed by atoms with Crippen LogP contribution in [-0.4, -0.2) is 59.0 Å². The molecule has 21 heavy (non-hydrogen) atoms. The second kappa shape index (κ2) is 6.78. The predicted molar refractivity (Wildman–Crippen MR) is 77.6 cm³/mol. The van der Waals surface area contributed by atoms with Crippen LogP contribution in [0.4, 0.5) is 4.79 Å². The summed E-state index contributed by atoms with van der Waals surface area (Å²) < 4.78 is 0. The lowest BCUT2D eigenvalue weighted by Gasteiger charge is -2.40. The van der Waals surface area contributed by atoms with Crippen LogP contribution in [0.1, 0.15) is 33.6 Å². The van der Waals surface area contributed by atoms with Gasteiger partial charge in [-0.25, -0.2) is 4.79 Å². The number of hydrogen-bond acceptors (Lipinski definition) is 3. The maximum atomic E-state index is 12.4. The van der Waals surface area contributed by atoms with E-state index in [1.165, 1.54) is 4.90 Å². The fourth-order valence-corrected chi connectivity index (χ4v) is 2.62. The summed E-state index contributed by atoms with van der Waals surface area (Å²) >= 11 is 0. The number of nitrogens with zero attached hydrogens (tertiary/aromatic N) is 2. The van der Waals surface area contributed by atoms with Crippen LogP contribution in [0.5, 0.6) is 0 Å². The third-order valence-electron chi connectivity index (χ3n) is 4.26. The Morgan fingerprint density at radius 2 is 2.00 bits per heavy atom. The van der Waals surface area contributed by atoms with Gasteiger partial charge in [0.05, 0.1) is 5.41 Å². The molecule has 1 fully saturated rings. The average Bonchev–Trinajstić information content (AvgIpc) is 2.43. The van der Waals surface area contributed by atoms with Crippen LogP contribution in [0.15, 0.2) is 0 Å². The topological polar surface area (TPSA) is 104 Å². The van der Waals surface area contributed by atoms with Crippen LogP contribution in [0.25, 0.3) is 0 Å². The minimum atomic E-state index is -0.875. The van der Waals surface area contributed by atoms with E-state index in [9.17, 15) is 19.5 Å². The van der Waals surface area contributed by atoms with Gasteiger partial charge >= 0.3 is 12.0 Å². The summed E-state index contributed by atoms with van der Waals surface area (Å²) in [6.45, 7) is 6.42. The first-order valence-electron chi connectivity index (χ1n) is 7.25. The number of rotatable bonds is 5. The molecule has 0 radical (unpaired) electrons. The smallest absolute Gasteiger partial charge is 0.320 e. The van der Waals surface area contributed by atoms with Gasteiger partial charge < -0.3 is 20.6 Å². The van der Waals surface area contributed by atoms with Gasteiger partial charge in [0.15, 0.2) is 0 Å². The van der Waals surface area contributed by atoms with Crippen LogP contribution in [0, 0.1) is 11.3 Å². The van der Waals surface area contributed by atoms with Crippen LogP contribution in [-0.2, 0) is 9.59 Å². The van der Waals surface area contributed by atoms with Crippen molar-refractivity contribution in [3.8, 4) is 0 Å². The molecule has 0 aromatic rings. The number of piperidine rings is 1. The Morgan fingerprint density at radius 3 is 2.48 bits per heavy atom. The highest BCUT2D eigenvalue weighted by Gasteiger charge is 2.40. The van der Waals surface area contributed by atoms with Gasteiger partial charge in [-0.1, -0.05) is 0 Å². The van der Waals surface area contributed by atoms with E-state index in [4.69, 9.17) is 5.73 Å². The Hall–Kier alpha value is -1.79. The van der Waals surface area contributed by atoms with Gasteiger partial charge in [0.25, 0.3) is 0 Å². The lowest BCUT2D eigenvalue weighted by molar-refractivity contribution is -0.151. The van der Waals surface area contributed by atoms with Crippen molar-refractivity contribution in [3.63, 3.8) is 0 Å². The number of urea groups is 1. The standard InChI is InChI=1S/C14H25N3O4/c1-4-16(9-11(15)18)13(21)17-7-5-6-10(8-17)14(2,3)12(19)20/h10H,4-9H2,1-3H3,(H2,15,18)(H,19,20). The van der Waals surface area contributed by atoms with E-state index in [0.717, 1.165) is 12.8 Å². The van der Waals surface area contributed by atoms with Crippen molar-refractivity contribution in [1.82, 2.24) is 9.80 Å². The first-order chi connectivity index (χ1) is 9.70. The van der Waals surface area contributed by atoms with Crippen molar-refractivity contribution in [1.29, 1.82) is 0 Å². The van der Waals surface area contributed by atoms with E-state index >= 15 is 0 Å². The highest BCUT2D eigenvalue weighted by molar-refractivity contribution is 5.83.